The number of para-hydroxylation sites is 1. The Bertz CT molecular complexity index is 822. The lowest BCUT2D eigenvalue weighted by Gasteiger charge is -2.11. The third-order valence-corrected chi connectivity index (χ3v) is 4.54. The molecule has 0 bridgehead atoms. The van der Waals surface area contributed by atoms with Crippen LogP contribution in [0.3, 0.4) is 0 Å². The van der Waals surface area contributed by atoms with Crippen molar-refractivity contribution in [3.8, 4) is 5.69 Å². The summed E-state index contributed by atoms with van der Waals surface area (Å²) in [4.78, 5) is 13.7. The third kappa shape index (κ3) is 3.84. The Morgan fingerprint density at radius 3 is 2.71 bits per heavy atom. The number of aliphatic hydroxyl groups excluding tert-OH is 1. The molecule has 0 saturated heterocycles. The van der Waals surface area contributed by atoms with Gasteiger partial charge < -0.3 is 9.84 Å². The Balaban J connectivity index is 1.64. The van der Waals surface area contributed by atoms with Crippen LogP contribution in [0.2, 0.25) is 0 Å². The largest absolute Gasteiger partial charge is 0.389 e. The minimum atomic E-state index is -0.728. The molecular formula is C18H20N2O3S. The molecular weight excluding hydrogens is 324 g/mol. The number of nitrogens with zero attached hydrogens (tertiary/aromatic N) is 2. The van der Waals surface area contributed by atoms with Crippen LogP contribution < -0.4 is 5.69 Å². The highest BCUT2D eigenvalue weighted by molar-refractivity contribution is 7.09. The molecule has 2 heterocycles. The molecule has 1 unspecified atom stereocenters. The SMILES string of the molecule is Cc1cn(CC(O)COCc2cccs2)c(=O)n1-c1ccccc1. The van der Waals surface area contributed by atoms with Gasteiger partial charge in [0.05, 0.1) is 31.5 Å². The second-order valence-corrected chi connectivity index (χ2v) is 6.66. The summed E-state index contributed by atoms with van der Waals surface area (Å²) in [5, 5.41) is 12.1. The van der Waals surface area contributed by atoms with E-state index in [1.54, 1.807) is 22.1 Å². The standard InChI is InChI=1S/C18H20N2O3S/c1-14-10-19(18(22)20(14)15-6-3-2-4-7-15)11-16(21)12-23-13-17-8-5-9-24-17/h2-10,16,21H,11-13H2,1H3. The fourth-order valence-electron chi connectivity index (χ4n) is 2.61. The van der Waals surface area contributed by atoms with Gasteiger partial charge in [0.15, 0.2) is 0 Å². The number of imidazole rings is 1. The normalized spacial score (nSPS) is 12.4. The van der Waals surface area contributed by atoms with Gasteiger partial charge >= 0.3 is 5.69 Å². The minimum absolute atomic E-state index is 0.156. The Hall–Kier alpha value is -2.15. The van der Waals surface area contributed by atoms with Crippen molar-refractivity contribution in [3.05, 3.63) is 75.1 Å². The number of benzene rings is 1. The van der Waals surface area contributed by atoms with Crippen molar-refractivity contribution < 1.29 is 9.84 Å². The van der Waals surface area contributed by atoms with Crippen LogP contribution in [0.25, 0.3) is 5.69 Å². The molecule has 1 atom stereocenters. The van der Waals surface area contributed by atoms with Gasteiger partial charge in [0.1, 0.15) is 0 Å². The molecule has 0 saturated carbocycles. The number of rotatable bonds is 7. The lowest BCUT2D eigenvalue weighted by molar-refractivity contribution is 0.0208. The Kier molecular flexibility index (Phi) is 5.30. The summed E-state index contributed by atoms with van der Waals surface area (Å²) >= 11 is 1.62. The maximum Gasteiger partial charge on any atom is 0.333 e. The molecule has 3 aromatic rings. The average molecular weight is 344 g/mol. The van der Waals surface area contributed by atoms with Gasteiger partial charge in [-0.05, 0) is 30.5 Å². The van der Waals surface area contributed by atoms with E-state index < -0.39 is 6.10 Å². The highest BCUT2D eigenvalue weighted by Gasteiger charge is 2.13. The lowest BCUT2D eigenvalue weighted by atomic mass is 10.3. The molecule has 126 valence electrons. The van der Waals surface area contributed by atoms with E-state index in [1.165, 1.54) is 4.57 Å². The first kappa shape index (κ1) is 16.7. The molecule has 5 nitrogen and oxygen atoms in total. The smallest absolute Gasteiger partial charge is 0.333 e. The van der Waals surface area contributed by atoms with Crippen LogP contribution in [0, 0.1) is 6.92 Å². The van der Waals surface area contributed by atoms with Crippen molar-refractivity contribution in [1.82, 2.24) is 9.13 Å². The van der Waals surface area contributed by atoms with E-state index >= 15 is 0 Å². The van der Waals surface area contributed by atoms with Gasteiger partial charge in [-0.25, -0.2) is 4.79 Å². The van der Waals surface area contributed by atoms with Crippen molar-refractivity contribution in [2.75, 3.05) is 6.61 Å². The highest BCUT2D eigenvalue weighted by Crippen LogP contribution is 2.10. The van der Waals surface area contributed by atoms with E-state index in [0.717, 1.165) is 16.3 Å². The second-order valence-electron chi connectivity index (χ2n) is 5.62. The van der Waals surface area contributed by atoms with E-state index in [0.29, 0.717) is 6.61 Å². The molecule has 1 aromatic carbocycles. The minimum Gasteiger partial charge on any atom is -0.389 e. The fraction of sp³-hybridized carbons (Fsp3) is 0.278. The van der Waals surface area contributed by atoms with E-state index in [1.807, 2.05) is 54.8 Å². The molecule has 3 rings (SSSR count). The van der Waals surface area contributed by atoms with Crippen LogP contribution in [0.15, 0.2) is 58.8 Å². The average Bonchev–Trinajstić information content (AvgIpc) is 3.17. The molecule has 0 aliphatic rings. The first-order valence-electron chi connectivity index (χ1n) is 7.77. The maximum absolute atomic E-state index is 12.6. The predicted octanol–water partition coefficient (Wildman–Crippen LogP) is 2.59. The quantitative estimate of drug-likeness (QED) is 0.717. The number of aromatic nitrogens is 2. The molecule has 0 spiro atoms. The summed E-state index contributed by atoms with van der Waals surface area (Å²) in [6.45, 7) is 2.77. The summed E-state index contributed by atoms with van der Waals surface area (Å²) in [6, 6.07) is 13.4. The van der Waals surface area contributed by atoms with Gasteiger partial charge in [-0.3, -0.25) is 9.13 Å². The molecule has 1 N–H and O–H groups in total. The van der Waals surface area contributed by atoms with Crippen LogP contribution >= 0.6 is 11.3 Å². The van der Waals surface area contributed by atoms with Gasteiger partial charge in [0.2, 0.25) is 0 Å². The Morgan fingerprint density at radius 1 is 1.21 bits per heavy atom. The molecule has 0 radical (unpaired) electrons. The molecule has 0 aliphatic carbocycles. The first-order valence-corrected chi connectivity index (χ1v) is 8.65. The summed E-state index contributed by atoms with van der Waals surface area (Å²) < 4.78 is 8.68. The number of aryl methyl sites for hydroxylation is 1. The number of ether oxygens (including phenoxy) is 1. The number of hydrogen-bond acceptors (Lipinski definition) is 4. The molecule has 6 heteroatoms. The number of hydrogen-bond donors (Lipinski definition) is 1. The van der Waals surface area contributed by atoms with Gasteiger partial charge in [0, 0.05) is 16.8 Å². The van der Waals surface area contributed by atoms with E-state index in [9.17, 15) is 9.90 Å². The molecule has 24 heavy (non-hydrogen) atoms. The summed E-state index contributed by atoms with van der Waals surface area (Å²) in [5.74, 6) is 0. The third-order valence-electron chi connectivity index (χ3n) is 3.69. The molecule has 2 aromatic heterocycles. The van der Waals surface area contributed by atoms with Crippen LogP contribution in [0.4, 0.5) is 0 Å². The van der Waals surface area contributed by atoms with Gasteiger partial charge in [-0.15, -0.1) is 11.3 Å². The van der Waals surface area contributed by atoms with Crippen molar-refractivity contribution in [1.29, 1.82) is 0 Å². The van der Waals surface area contributed by atoms with Crippen molar-refractivity contribution >= 4 is 11.3 Å². The van der Waals surface area contributed by atoms with Crippen molar-refractivity contribution in [2.24, 2.45) is 0 Å². The predicted molar refractivity (Wildman–Crippen MR) is 94.7 cm³/mol. The van der Waals surface area contributed by atoms with Crippen LogP contribution in [0.5, 0.6) is 0 Å². The molecule has 0 amide bonds. The van der Waals surface area contributed by atoms with E-state index in [-0.39, 0.29) is 18.8 Å². The van der Waals surface area contributed by atoms with Crippen molar-refractivity contribution in [3.63, 3.8) is 0 Å². The van der Waals surface area contributed by atoms with Gasteiger partial charge in [0.25, 0.3) is 0 Å². The van der Waals surface area contributed by atoms with Crippen molar-refractivity contribution in [2.45, 2.75) is 26.2 Å². The second kappa shape index (κ2) is 7.61. The molecule has 0 fully saturated rings. The lowest BCUT2D eigenvalue weighted by Crippen LogP contribution is -2.30. The fourth-order valence-corrected chi connectivity index (χ4v) is 3.25. The number of thiophene rings is 1. The van der Waals surface area contributed by atoms with Crippen LogP contribution in [-0.4, -0.2) is 27.0 Å². The van der Waals surface area contributed by atoms with Crippen LogP contribution in [0.1, 0.15) is 10.6 Å². The van der Waals surface area contributed by atoms with E-state index in [2.05, 4.69) is 0 Å². The maximum atomic E-state index is 12.6. The summed E-state index contributed by atoms with van der Waals surface area (Å²) in [6.07, 6.45) is 1.03. The molecule has 0 aliphatic heterocycles. The summed E-state index contributed by atoms with van der Waals surface area (Å²) in [5.41, 5.74) is 1.50. The topological polar surface area (TPSA) is 56.4 Å². The first-order chi connectivity index (χ1) is 11.6. The zero-order chi connectivity index (χ0) is 16.9. The zero-order valence-corrected chi connectivity index (χ0v) is 14.3. The highest BCUT2D eigenvalue weighted by atomic mass is 32.1. The monoisotopic (exact) mass is 344 g/mol. The zero-order valence-electron chi connectivity index (χ0n) is 13.5. The Labute approximate surface area is 144 Å². The summed E-state index contributed by atoms with van der Waals surface area (Å²) in [7, 11) is 0. The van der Waals surface area contributed by atoms with E-state index in [4.69, 9.17) is 4.74 Å². The Morgan fingerprint density at radius 2 is 2.00 bits per heavy atom. The van der Waals surface area contributed by atoms with Gasteiger partial charge in [-0.1, -0.05) is 24.3 Å². The van der Waals surface area contributed by atoms with Gasteiger partial charge in [-0.2, -0.15) is 0 Å². The van der Waals surface area contributed by atoms with Crippen LogP contribution in [-0.2, 0) is 17.9 Å². The number of aliphatic hydroxyl groups is 1.